The summed E-state index contributed by atoms with van der Waals surface area (Å²) in [6, 6.07) is 22.1. The number of ether oxygens (including phenoxy) is 3. The number of hydrogen-bond donors (Lipinski definition) is 4. The number of aromatic nitrogens is 6. The third-order valence-electron chi connectivity index (χ3n) is 9.06. The number of nitrogens with two attached hydrogens (primary N) is 1. The van der Waals surface area contributed by atoms with Crippen molar-refractivity contribution in [3.8, 4) is 17.2 Å². The standard InChI is InChI=1S/C16H16N4O.C9H11NO.C8H9NO.C7H6ClN3/c1-10-18-15-13(5-7-17-15)16(19-10)20(2)12-3-4-14-11(9-12)6-8-21-14;1-10-8-2-3-9-7(6-8)4-5-11-9;9-7-1-2-8-6(5-7)3-4-10-8;1-4-10-6(8)5-2-3-9-7(5)11-4/h3-5,7,9H,6,8H2,1-2H3,(H,17,18,19);2-3,6,10H,4-5H2,1H3;1-2,5H,3-4,9H2;2-3H,1H3,(H,9,10,11). The van der Waals surface area contributed by atoms with Gasteiger partial charge in [0.1, 0.15) is 51.2 Å². The summed E-state index contributed by atoms with van der Waals surface area (Å²) in [6.07, 6.45) is 6.71. The molecule has 0 spiro atoms. The molecule has 0 amide bonds. The third-order valence-corrected chi connectivity index (χ3v) is 9.35. The molecule has 7 heterocycles. The smallest absolute Gasteiger partial charge is 0.146 e. The minimum Gasteiger partial charge on any atom is -0.493 e. The van der Waals surface area contributed by atoms with E-state index in [1.807, 2.05) is 82.7 Å². The topological polar surface area (TPSA) is 152 Å². The van der Waals surface area contributed by atoms with Crippen LogP contribution in [-0.2, 0) is 19.3 Å². The van der Waals surface area contributed by atoms with Gasteiger partial charge in [0, 0.05) is 62.8 Å². The number of aryl methyl sites for hydroxylation is 2. The Morgan fingerprint density at radius 3 is 1.89 bits per heavy atom. The maximum Gasteiger partial charge on any atom is 0.146 e. The quantitative estimate of drug-likeness (QED) is 0.105. The van der Waals surface area contributed by atoms with Crippen LogP contribution in [0.2, 0.25) is 5.15 Å². The highest BCUT2D eigenvalue weighted by molar-refractivity contribution is 6.33. The van der Waals surface area contributed by atoms with Gasteiger partial charge in [-0.15, -0.1) is 0 Å². The highest BCUT2D eigenvalue weighted by atomic mass is 35.5. The molecule has 3 aliphatic rings. The zero-order valence-corrected chi connectivity index (χ0v) is 30.9. The number of hydrogen-bond acceptors (Lipinski definition) is 10. The lowest BCUT2D eigenvalue weighted by atomic mass is 10.1. The highest BCUT2D eigenvalue weighted by Crippen LogP contribution is 2.34. The van der Waals surface area contributed by atoms with Crippen molar-refractivity contribution in [2.45, 2.75) is 33.1 Å². The number of aromatic amines is 2. The van der Waals surface area contributed by atoms with Gasteiger partial charge in [-0.2, -0.15) is 0 Å². The van der Waals surface area contributed by atoms with Gasteiger partial charge in [0.2, 0.25) is 0 Å². The molecule has 0 radical (unpaired) electrons. The average Bonchev–Trinajstić information content (AvgIpc) is 4.01. The van der Waals surface area contributed by atoms with Crippen LogP contribution in [0.25, 0.3) is 22.1 Å². The van der Waals surface area contributed by atoms with Crippen molar-refractivity contribution in [3.63, 3.8) is 0 Å². The monoisotopic (exact) mass is 731 g/mol. The van der Waals surface area contributed by atoms with Crippen molar-refractivity contribution in [1.29, 1.82) is 0 Å². The van der Waals surface area contributed by atoms with Crippen molar-refractivity contribution >= 4 is 56.5 Å². The average molecular weight is 732 g/mol. The van der Waals surface area contributed by atoms with E-state index in [-0.39, 0.29) is 0 Å². The van der Waals surface area contributed by atoms with Gasteiger partial charge in [0.15, 0.2) is 0 Å². The van der Waals surface area contributed by atoms with Crippen LogP contribution in [0.4, 0.5) is 22.9 Å². The normalized spacial score (nSPS) is 13.1. The molecule has 3 aliphatic heterocycles. The second-order valence-electron chi connectivity index (χ2n) is 12.7. The molecule has 3 aromatic carbocycles. The molecule has 10 rings (SSSR count). The number of nitrogens with zero attached hydrogens (tertiary/aromatic N) is 5. The van der Waals surface area contributed by atoms with Gasteiger partial charge in [-0.1, -0.05) is 11.6 Å². The Kier molecular flexibility index (Phi) is 10.5. The maximum absolute atomic E-state index is 5.83. The Balaban J connectivity index is 0.000000116. The Hall–Kier alpha value is -6.01. The van der Waals surface area contributed by atoms with Crippen LogP contribution in [0.5, 0.6) is 17.2 Å². The number of nitrogen functional groups attached to an aromatic ring is 1. The minimum atomic E-state index is 0.508. The van der Waals surface area contributed by atoms with Crippen LogP contribution in [0.15, 0.2) is 79.1 Å². The lowest BCUT2D eigenvalue weighted by molar-refractivity contribution is 0.356. The van der Waals surface area contributed by atoms with E-state index in [9.17, 15) is 0 Å². The second-order valence-corrected chi connectivity index (χ2v) is 13.1. The molecule has 4 aromatic heterocycles. The molecule has 12 nitrogen and oxygen atoms in total. The molecule has 272 valence electrons. The molecule has 0 fully saturated rings. The first-order chi connectivity index (χ1) is 25.7. The number of benzene rings is 3. The molecule has 0 bridgehead atoms. The summed E-state index contributed by atoms with van der Waals surface area (Å²) in [5.41, 5.74) is 14.1. The molecule has 13 heteroatoms. The van der Waals surface area contributed by atoms with Gasteiger partial charge in [0.05, 0.1) is 30.6 Å². The predicted octanol–water partition coefficient (Wildman–Crippen LogP) is 7.76. The molecule has 7 aromatic rings. The highest BCUT2D eigenvalue weighted by Gasteiger charge is 2.17. The van der Waals surface area contributed by atoms with Crippen molar-refractivity contribution in [2.75, 3.05) is 49.9 Å². The fourth-order valence-corrected chi connectivity index (χ4v) is 6.63. The first-order valence-electron chi connectivity index (χ1n) is 17.5. The van der Waals surface area contributed by atoms with Crippen LogP contribution in [0, 0.1) is 13.8 Å². The van der Waals surface area contributed by atoms with E-state index in [1.165, 1.54) is 16.7 Å². The van der Waals surface area contributed by atoms with E-state index in [4.69, 9.17) is 31.5 Å². The van der Waals surface area contributed by atoms with Crippen molar-refractivity contribution < 1.29 is 14.2 Å². The van der Waals surface area contributed by atoms with E-state index in [1.54, 1.807) is 6.20 Å². The summed E-state index contributed by atoms with van der Waals surface area (Å²) >= 11 is 5.83. The molecular weight excluding hydrogens is 690 g/mol. The molecular formula is C40H42ClN9O3. The summed E-state index contributed by atoms with van der Waals surface area (Å²) in [4.78, 5) is 25.4. The Morgan fingerprint density at radius 1 is 0.679 bits per heavy atom. The van der Waals surface area contributed by atoms with Gasteiger partial charge in [-0.25, -0.2) is 19.9 Å². The summed E-state index contributed by atoms with van der Waals surface area (Å²) in [5, 5.41) is 5.51. The fourth-order valence-electron chi connectivity index (χ4n) is 6.35. The van der Waals surface area contributed by atoms with Gasteiger partial charge in [-0.3, -0.25) is 0 Å². The lowest BCUT2D eigenvalue weighted by Crippen LogP contribution is -2.12. The largest absolute Gasteiger partial charge is 0.493 e. The number of fused-ring (bicyclic) bond motifs is 5. The van der Waals surface area contributed by atoms with Crippen LogP contribution >= 0.6 is 11.6 Å². The van der Waals surface area contributed by atoms with Crippen LogP contribution < -0.4 is 30.2 Å². The fraction of sp³-hybridized carbons (Fsp3) is 0.250. The van der Waals surface area contributed by atoms with Crippen LogP contribution in [0.1, 0.15) is 28.3 Å². The van der Waals surface area contributed by atoms with E-state index in [0.717, 1.165) is 107 Å². The summed E-state index contributed by atoms with van der Waals surface area (Å²) in [7, 11) is 3.96. The molecule has 0 unspecified atom stereocenters. The molecule has 0 atom stereocenters. The van der Waals surface area contributed by atoms with Crippen LogP contribution in [-0.4, -0.2) is 63.8 Å². The van der Waals surface area contributed by atoms with E-state index in [2.05, 4.69) is 58.3 Å². The van der Waals surface area contributed by atoms with Gasteiger partial charge in [0.25, 0.3) is 0 Å². The van der Waals surface area contributed by atoms with E-state index >= 15 is 0 Å². The molecule has 0 saturated carbocycles. The zero-order valence-electron chi connectivity index (χ0n) is 30.2. The summed E-state index contributed by atoms with van der Waals surface area (Å²) in [6.45, 7) is 6.14. The Labute approximate surface area is 312 Å². The number of nitrogens with one attached hydrogen (secondary N) is 3. The molecule has 5 N–H and O–H groups in total. The van der Waals surface area contributed by atoms with Gasteiger partial charge < -0.3 is 40.1 Å². The number of anilines is 4. The van der Waals surface area contributed by atoms with Crippen molar-refractivity contribution in [1.82, 2.24) is 29.9 Å². The summed E-state index contributed by atoms with van der Waals surface area (Å²) < 4.78 is 16.2. The van der Waals surface area contributed by atoms with Gasteiger partial charge in [-0.05, 0) is 97.3 Å². The Bertz CT molecular complexity index is 2370. The SMILES string of the molecule is CNc1ccc2c(c1)CCO2.Cc1nc(Cl)c2cc[nH]c2n1.Cc1nc(N(C)c2ccc3c(c2)CCO3)c2cc[nH]c2n1.Nc1ccc2c(c1)CCO2. The first-order valence-corrected chi connectivity index (χ1v) is 17.9. The number of rotatable bonds is 3. The van der Waals surface area contributed by atoms with E-state index < -0.39 is 0 Å². The number of halogens is 1. The predicted molar refractivity (Wildman–Crippen MR) is 211 cm³/mol. The molecule has 0 aliphatic carbocycles. The zero-order chi connectivity index (χ0) is 36.9. The molecule has 0 saturated heterocycles. The van der Waals surface area contributed by atoms with Crippen LogP contribution in [0.3, 0.4) is 0 Å². The first kappa shape index (κ1) is 35.4. The van der Waals surface area contributed by atoms with Crippen molar-refractivity contribution in [3.05, 3.63) is 113 Å². The third kappa shape index (κ3) is 8.07. The second kappa shape index (κ2) is 15.7. The maximum atomic E-state index is 5.83. The minimum absolute atomic E-state index is 0.508. The van der Waals surface area contributed by atoms with Gasteiger partial charge >= 0.3 is 0 Å². The van der Waals surface area contributed by atoms with Crippen molar-refractivity contribution in [2.24, 2.45) is 0 Å². The lowest BCUT2D eigenvalue weighted by Gasteiger charge is -2.20. The molecule has 53 heavy (non-hydrogen) atoms. The van der Waals surface area contributed by atoms with E-state index in [0.29, 0.717) is 11.0 Å². The summed E-state index contributed by atoms with van der Waals surface area (Å²) in [5.74, 6) is 5.40. The number of H-pyrrole nitrogens is 2. The Morgan fingerprint density at radius 2 is 1.23 bits per heavy atom.